The lowest BCUT2D eigenvalue weighted by Gasteiger charge is -2.12. The SMILES string of the molecule is C1=CCC(c2cn(-c3ccc(-c4ccc5oc6ccc(-c7ccccc7)cc6c5c4)cc3)c3ccc(-c4ccccc4)cc23)C=C1. The molecule has 0 fully saturated rings. The Morgan fingerprint density at radius 2 is 1.04 bits per heavy atom. The van der Waals surface area contributed by atoms with Crippen LogP contribution in [0.3, 0.4) is 0 Å². The van der Waals surface area contributed by atoms with E-state index in [1.54, 1.807) is 0 Å². The summed E-state index contributed by atoms with van der Waals surface area (Å²) in [6.07, 6.45) is 12.3. The standard InChI is InChI=1S/C44H31NO/c1-4-10-30(11-5-1)34-18-23-42-38(26-34)41(33-14-8-3-9-15-33)29-45(42)37-21-16-32(17-22-37)36-20-25-44-40(28-36)39-27-35(19-24-43(39)46-44)31-12-6-2-7-13-31/h1-14,16-29,33H,15H2. The van der Waals surface area contributed by atoms with Crippen LogP contribution in [0.4, 0.5) is 0 Å². The first-order valence-corrected chi connectivity index (χ1v) is 15.9. The highest BCUT2D eigenvalue weighted by Gasteiger charge is 2.18. The first-order chi connectivity index (χ1) is 22.8. The second kappa shape index (κ2) is 10.9. The molecule has 0 bridgehead atoms. The van der Waals surface area contributed by atoms with Crippen LogP contribution in [0.2, 0.25) is 0 Å². The predicted octanol–water partition coefficient (Wildman–Crippen LogP) is 12.1. The summed E-state index contributed by atoms with van der Waals surface area (Å²) < 4.78 is 8.58. The molecule has 0 radical (unpaired) electrons. The summed E-state index contributed by atoms with van der Waals surface area (Å²) in [7, 11) is 0. The van der Waals surface area contributed by atoms with E-state index in [0.717, 1.165) is 34.0 Å². The summed E-state index contributed by atoms with van der Waals surface area (Å²) >= 11 is 0. The molecule has 218 valence electrons. The zero-order valence-corrected chi connectivity index (χ0v) is 25.3. The molecule has 0 saturated carbocycles. The van der Waals surface area contributed by atoms with Gasteiger partial charge in [0.1, 0.15) is 11.2 Å². The Balaban J connectivity index is 1.10. The molecule has 1 unspecified atom stereocenters. The fourth-order valence-corrected chi connectivity index (χ4v) is 6.97. The number of hydrogen-bond donors (Lipinski definition) is 0. The zero-order chi connectivity index (χ0) is 30.5. The third kappa shape index (κ3) is 4.58. The number of nitrogens with zero attached hydrogens (tertiary/aromatic N) is 1. The predicted molar refractivity (Wildman–Crippen MR) is 192 cm³/mol. The van der Waals surface area contributed by atoms with Crippen LogP contribution in [-0.4, -0.2) is 4.57 Å². The minimum atomic E-state index is 0.359. The van der Waals surface area contributed by atoms with E-state index in [9.17, 15) is 0 Å². The van der Waals surface area contributed by atoms with Gasteiger partial charge >= 0.3 is 0 Å². The molecule has 0 N–H and O–H groups in total. The molecule has 2 nitrogen and oxygen atoms in total. The summed E-state index contributed by atoms with van der Waals surface area (Å²) in [4.78, 5) is 0. The molecule has 0 saturated heterocycles. The van der Waals surface area contributed by atoms with Gasteiger partial charge in [-0.1, -0.05) is 115 Å². The third-order valence-corrected chi connectivity index (χ3v) is 9.38. The number of allylic oxidation sites excluding steroid dienone is 4. The highest BCUT2D eigenvalue weighted by Crippen LogP contribution is 2.38. The lowest BCUT2D eigenvalue weighted by Crippen LogP contribution is -1.95. The second-order valence-corrected chi connectivity index (χ2v) is 12.1. The van der Waals surface area contributed by atoms with Crippen LogP contribution in [0.5, 0.6) is 0 Å². The number of fused-ring (bicyclic) bond motifs is 4. The van der Waals surface area contributed by atoms with E-state index in [4.69, 9.17) is 4.42 Å². The molecule has 1 aliphatic rings. The van der Waals surface area contributed by atoms with Crippen LogP contribution in [0.25, 0.3) is 71.9 Å². The Labute approximate surface area is 268 Å². The number of hydrogen-bond acceptors (Lipinski definition) is 1. The molecule has 2 heteroatoms. The minimum absolute atomic E-state index is 0.359. The molecule has 0 spiro atoms. The van der Waals surface area contributed by atoms with Gasteiger partial charge in [0.25, 0.3) is 0 Å². The van der Waals surface area contributed by atoms with E-state index in [2.05, 4.69) is 175 Å². The molecule has 0 aliphatic heterocycles. The quantitative estimate of drug-likeness (QED) is 0.195. The summed E-state index contributed by atoms with van der Waals surface area (Å²) in [5.74, 6) is 0.359. The van der Waals surface area contributed by atoms with Gasteiger partial charge in [0, 0.05) is 34.0 Å². The van der Waals surface area contributed by atoms with E-state index < -0.39 is 0 Å². The first-order valence-electron chi connectivity index (χ1n) is 15.9. The average Bonchev–Trinajstić information content (AvgIpc) is 3.70. The third-order valence-electron chi connectivity index (χ3n) is 9.38. The van der Waals surface area contributed by atoms with Crippen LogP contribution in [0.15, 0.2) is 174 Å². The maximum Gasteiger partial charge on any atom is 0.135 e. The second-order valence-electron chi connectivity index (χ2n) is 12.1. The first kappa shape index (κ1) is 26.5. The maximum absolute atomic E-state index is 6.23. The molecule has 46 heavy (non-hydrogen) atoms. The average molecular weight is 590 g/mol. The van der Waals surface area contributed by atoms with Crippen molar-refractivity contribution >= 4 is 32.8 Å². The van der Waals surface area contributed by atoms with Gasteiger partial charge in [-0.3, -0.25) is 0 Å². The van der Waals surface area contributed by atoms with Crippen LogP contribution < -0.4 is 0 Å². The van der Waals surface area contributed by atoms with E-state index in [0.29, 0.717) is 5.92 Å². The zero-order valence-electron chi connectivity index (χ0n) is 25.3. The summed E-state index contributed by atoms with van der Waals surface area (Å²) in [6, 6.07) is 50.0. The van der Waals surface area contributed by atoms with Gasteiger partial charge in [-0.05, 0) is 93.9 Å². The molecule has 0 amide bonds. The fourth-order valence-electron chi connectivity index (χ4n) is 6.97. The van der Waals surface area contributed by atoms with Crippen molar-refractivity contribution in [2.24, 2.45) is 0 Å². The van der Waals surface area contributed by atoms with Crippen molar-refractivity contribution < 1.29 is 4.42 Å². The monoisotopic (exact) mass is 589 g/mol. The van der Waals surface area contributed by atoms with Crippen LogP contribution >= 0.6 is 0 Å². The van der Waals surface area contributed by atoms with Gasteiger partial charge < -0.3 is 8.98 Å². The normalized spacial score (nSPS) is 14.5. The van der Waals surface area contributed by atoms with E-state index >= 15 is 0 Å². The smallest absolute Gasteiger partial charge is 0.135 e. The van der Waals surface area contributed by atoms with Gasteiger partial charge in [0.15, 0.2) is 0 Å². The van der Waals surface area contributed by atoms with E-state index in [1.807, 2.05) is 0 Å². The minimum Gasteiger partial charge on any atom is -0.456 e. The largest absolute Gasteiger partial charge is 0.456 e. The van der Waals surface area contributed by atoms with Crippen molar-refractivity contribution in [2.75, 3.05) is 0 Å². The van der Waals surface area contributed by atoms with Crippen molar-refractivity contribution in [1.82, 2.24) is 4.57 Å². The fraction of sp³-hybridized carbons (Fsp3) is 0.0455. The van der Waals surface area contributed by atoms with Crippen LogP contribution in [-0.2, 0) is 0 Å². The lowest BCUT2D eigenvalue weighted by molar-refractivity contribution is 0.669. The Bertz CT molecular complexity index is 2420. The molecule has 2 heterocycles. The van der Waals surface area contributed by atoms with Gasteiger partial charge in [-0.25, -0.2) is 0 Å². The molecule has 8 aromatic rings. The highest BCUT2D eigenvalue weighted by atomic mass is 16.3. The topological polar surface area (TPSA) is 18.1 Å². The van der Waals surface area contributed by atoms with Crippen LogP contribution in [0, 0.1) is 0 Å². The summed E-state index contributed by atoms with van der Waals surface area (Å²) in [5, 5.41) is 3.59. The molecule has 9 rings (SSSR count). The molecule has 1 atom stereocenters. The Morgan fingerprint density at radius 3 is 1.63 bits per heavy atom. The Hall–Kier alpha value is -5.86. The molecular weight excluding hydrogens is 558 g/mol. The van der Waals surface area contributed by atoms with Crippen LogP contribution in [0.1, 0.15) is 17.9 Å². The van der Waals surface area contributed by atoms with E-state index in [1.165, 1.54) is 49.8 Å². The van der Waals surface area contributed by atoms with Gasteiger partial charge in [-0.2, -0.15) is 0 Å². The maximum atomic E-state index is 6.23. The van der Waals surface area contributed by atoms with Gasteiger partial charge in [0.05, 0.1) is 5.52 Å². The van der Waals surface area contributed by atoms with Crippen molar-refractivity contribution in [2.45, 2.75) is 12.3 Å². The summed E-state index contributed by atoms with van der Waals surface area (Å²) in [6.45, 7) is 0. The van der Waals surface area contributed by atoms with E-state index in [-0.39, 0.29) is 0 Å². The Kier molecular flexibility index (Phi) is 6.31. The van der Waals surface area contributed by atoms with Gasteiger partial charge in [-0.15, -0.1) is 0 Å². The summed E-state index contributed by atoms with van der Waals surface area (Å²) in [5.41, 5.74) is 12.8. The number of aromatic nitrogens is 1. The van der Waals surface area contributed by atoms with Gasteiger partial charge in [0.2, 0.25) is 0 Å². The molecular formula is C44H31NO. The molecule has 1 aliphatic carbocycles. The van der Waals surface area contributed by atoms with Crippen molar-refractivity contribution in [1.29, 1.82) is 0 Å². The molecule has 2 aromatic heterocycles. The molecule has 6 aromatic carbocycles. The van der Waals surface area contributed by atoms with Crippen molar-refractivity contribution in [3.05, 3.63) is 176 Å². The Morgan fingerprint density at radius 1 is 0.500 bits per heavy atom. The number of rotatable bonds is 5. The van der Waals surface area contributed by atoms with Crippen molar-refractivity contribution in [3.63, 3.8) is 0 Å². The highest BCUT2D eigenvalue weighted by molar-refractivity contribution is 6.07. The van der Waals surface area contributed by atoms with Crippen molar-refractivity contribution in [3.8, 4) is 39.1 Å². The number of furan rings is 1. The lowest BCUT2D eigenvalue weighted by atomic mass is 9.91. The number of benzene rings is 6.